The number of fused-ring (bicyclic) bond motifs is 1. The summed E-state index contributed by atoms with van der Waals surface area (Å²) in [5.41, 5.74) is 0.938. The number of pyridine rings is 1. The molecule has 1 unspecified atom stereocenters. The van der Waals surface area contributed by atoms with E-state index in [0.717, 1.165) is 5.39 Å². The summed E-state index contributed by atoms with van der Waals surface area (Å²) in [6.45, 7) is 1.34. The number of amides is 1. The predicted molar refractivity (Wildman–Crippen MR) is 73.9 cm³/mol. The Bertz CT molecular complexity index is 704. The molecule has 0 aliphatic carbocycles. The molecule has 0 aliphatic heterocycles. The third-order valence-corrected chi connectivity index (χ3v) is 2.92. The molecule has 100 valence electrons. The van der Waals surface area contributed by atoms with Crippen molar-refractivity contribution in [3.63, 3.8) is 0 Å². The molecular weight excluding hydrogens is 254 g/mol. The number of nitrogens with zero attached hydrogens (tertiary/aromatic N) is 2. The number of nitriles is 1. The molecule has 0 fully saturated rings. The Morgan fingerprint density at radius 3 is 2.75 bits per heavy atom. The van der Waals surface area contributed by atoms with Gasteiger partial charge in [-0.2, -0.15) is 5.26 Å². The maximum absolute atomic E-state index is 12.0. The van der Waals surface area contributed by atoms with E-state index in [1.165, 1.54) is 6.92 Å². The van der Waals surface area contributed by atoms with Gasteiger partial charge in [0.2, 0.25) is 0 Å². The minimum absolute atomic E-state index is 0.0470. The van der Waals surface area contributed by atoms with Crippen molar-refractivity contribution in [1.29, 1.82) is 5.26 Å². The standard InChI is InChI=1S/C15H13N3O2/c1-10(19)12(8-9-16)18-15(20)14-7-6-11-4-2-3-5-13(11)17-14/h2-7,12H,8H2,1H3,(H,18,20). The fraction of sp³-hybridized carbons (Fsp3) is 0.200. The van der Waals surface area contributed by atoms with E-state index in [4.69, 9.17) is 5.26 Å². The average molecular weight is 267 g/mol. The van der Waals surface area contributed by atoms with Crippen LogP contribution in [0.2, 0.25) is 0 Å². The molecule has 0 saturated carbocycles. The maximum Gasteiger partial charge on any atom is 0.270 e. The molecule has 1 heterocycles. The molecule has 2 aromatic rings. The summed E-state index contributed by atoms with van der Waals surface area (Å²) < 4.78 is 0. The van der Waals surface area contributed by atoms with Gasteiger partial charge in [0, 0.05) is 5.39 Å². The number of aromatic nitrogens is 1. The number of nitrogens with one attached hydrogen (secondary N) is 1. The van der Waals surface area contributed by atoms with Gasteiger partial charge >= 0.3 is 0 Å². The second kappa shape index (κ2) is 5.93. The fourth-order valence-corrected chi connectivity index (χ4v) is 1.81. The number of carbonyl (C=O) groups is 2. The number of Topliss-reactive ketones (excluding diaryl/α,β-unsaturated/α-hetero) is 1. The van der Waals surface area contributed by atoms with E-state index >= 15 is 0 Å². The minimum atomic E-state index is -0.791. The van der Waals surface area contributed by atoms with Crippen LogP contribution in [0.5, 0.6) is 0 Å². The zero-order chi connectivity index (χ0) is 14.5. The first-order valence-corrected chi connectivity index (χ1v) is 6.16. The molecule has 2 rings (SSSR count). The quantitative estimate of drug-likeness (QED) is 0.916. The van der Waals surface area contributed by atoms with Crippen molar-refractivity contribution in [2.45, 2.75) is 19.4 Å². The zero-order valence-corrected chi connectivity index (χ0v) is 11.0. The number of para-hydroxylation sites is 1. The summed E-state index contributed by atoms with van der Waals surface area (Å²) in [4.78, 5) is 27.6. The van der Waals surface area contributed by atoms with Crippen LogP contribution < -0.4 is 5.32 Å². The van der Waals surface area contributed by atoms with Crippen LogP contribution in [0, 0.1) is 11.3 Å². The smallest absolute Gasteiger partial charge is 0.270 e. The molecule has 1 aromatic heterocycles. The number of benzene rings is 1. The van der Waals surface area contributed by atoms with E-state index in [1.54, 1.807) is 12.1 Å². The lowest BCUT2D eigenvalue weighted by Crippen LogP contribution is -2.39. The van der Waals surface area contributed by atoms with E-state index in [2.05, 4.69) is 10.3 Å². The van der Waals surface area contributed by atoms with E-state index in [-0.39, 0.29) is 17.9 Å². The number of rotatable bonds is 4. The Morgan fingerprint density at radius 1 is 1.30 bits per heavy atom. The van der Waals surface area contributed by atoms with Crippen LogP contribution in [0.4, 0.5) is 0 Å². The van der Waals surface area contributed by atoms with Crippen molar-refractivity contribution < 1.29 is 9.59 Å². The molecule has 0 saturated heterocycles. The second-order valence-electron chi connectivity index (χ2n) is 4.39. The van der Waals surface area contributed by atoms with Gasteiger partial charge in [-0.3, -0.25) is 9.59 Å². The third-order valence-electron chi connectivity index (χ3n) is 2.92. The van der Waals surface area contributed by atoms with Gasteiger partial charge in [-0.15, -0.1) is 0 Å². The summed E-state index contributed by atoms with van der Waals surface area (Å²) in [5.74, 6) is -0.702. The fourth-order valence-electron chi connectivity index (χ4n) is 1.81. The summed E-state index contributed by atoms with van der Waals surface area (Å²) in [6.07, 6.45) is -0.0470. The predicted octanol–water partition coefficient (Wildman–Crippen LogP) is 1.84. The lowest BCUT2D eigenvalue weighted by Gasteiger charge is -2.12. The highest BCUT2D eigenvalue weighted by molar-refractivity contribution is 5.97. The van der Waals surface area contributed by atoms with Gasteiger partial charge in [0.1, 0.15) is 11.7 Å². The van der Waals surface area contributed by atoms with Crippen molar-refractivity contribution in [2.24, 2.45) is 0 Å². The summed E-state index contributed by atoms with van der Waals surface area (Å²) in [5, 5.41) is 12.1. The van der Waals surface area contributed by atoms with E-state index in [9.17, 15) is 9.59 Å². The molecule has 1 atom stereocenters. The van der Waals surface area contributed by atoms with Crippen LogP contribution in [0.15, 0.2) is 36.4 Å². The maximum atomic E-state index is 12.0. The van der Waals surface area contributed by atoms with E-state index in [1.807, 2.05) is 30.3 Å². The van der Waals surface area contributed by atoms with Crippen molar-refractivity contribution in [2.75, 3.05) is 0 Å². The molecule has 1 amide bonds. The van der Waals surface area contributed by atoms with Gasteiger partial charge in [0.05, 0.1) is 18.0 Å². The topological polar surface area (TPSA) is 82.9 Å². The minimum Gasteiger partial charge on any atom is -0.340 e. The van der Waals surface area contributed by atoms with Crippen LogP contribution in [0.1, 0.15) is 23.8 Å². The van der Waals surface area contributed by atoms with Crippen molar-refractivity contribution in [3.8, 4) is 6.07 Å². The molecule has 5 heteroatoms. The van der Waals surface area contributed by atoms with Crippen LogP contribution in [-0.4, -0.2) is 22.7 Å². The number of ketones is 1. The summed E-state index contributed by atoms with van der Waals surface area (Å²) in [7, 11) is 0. The third kappa shape index (κ3) is 2.98. The zero-order valence-electron chi connectivity index (χ0n) is 11.0. The van der Waals surface area contributed by atoms with Gasteiger partial charge in [-0.1, -0.05) is 24.3 Å². The normalized spacial score (nSPS) is 11.6. The Labute approximate surface area is 116 Å². The monoisotopic (exact) mass is 267 g/mol. The Balaban J connectivity index is 2.22. The van der Waals surface area contributed by atoms with Crippen LogP contribution in [0.3, 0.4) is 0 Å². The van der Waals surface area contributed by atoms with E-state index < -0.39 is 11.9 Å². The lowest BCUT2D eigenvalue weighted by atomic mass is 10.1. The van der Waals surface area contributed by atoms with Crippen LogP contribution in [0.25, 0.3) is 10.9 Å². The molecule has 20 heavy (non-hydrogen) atoms. The van der Waals surface area contributed by atoms with Crippen LogP contribution in [-0.2, 0) is 4.79 Å². The summed E-state index contributed by atoms with van der Waals surface area (Å²) >= 11 is 0. The summed E-state index contributed by atoms with van der Waals surface area (Å²) in [6, 6.07) is 11.9. The Hall–Kier alpha value is -2.74. The van der Waals surface area contributed by atoms with Crippen molar-refractivity contribution in [3.05, 3.63) is 42.1 Å². The molecule has 0 spiro atoms. The van der Waals surface area contributed by atoms with Crippen LogP contribution >= 0.6 is 0 Å². The highest BCUT2D eigenvalue weighted by Gasteiger charge is 2.18. The second-order valence-corrected chi connectivity index (χ2v) is 4.39. The molecule has 0 aliphatic rings. The van der Waals surface area contributed by atoms with Gasteiger partial charge in [-0.05, 0) is 19.1 Å². The van der Waals surface area contributed by atoms with Gasteiger partial charge < -0.3 is 5.32 Å². The largest absolute Gasteiger partial charge is 0.340 e. The van der Waals surface area contributed by atoms with Gasteiger partial charge in [-0.25, -0.2) is 4.98 Å². The first kappa shape index (κ1) is 13.7. The number of hydrogen-bond donors (Lipinski definition) is 1. The highest BCUT2D eigenvalue weighted by Crippen LogP contribution is 2.11. The highest BCUT2D eigenvalue weighted by atomic mass is 16.2. The first-order valence-electron chi connectivity index (χ1n) is 6.16. The molecular formula is C15H13N3O2. The first-order chi connectivity index (χ1) is 9.61. The molecule has 5 nitrogen and oxygen atoms in total. The Kier molecular flexibility index (Phi) is 4.06. The van der Waals surface area contributed by atoms with Gasteiger partial charge in [0.15, 0.2) is 5.78 Å². The molecule has 1 N–H and O–H groups in total. The molecule has 0 radical (unpaired) electrons. The van der Waals surface area contributed by atoms with Gasteiger partial charge in [0.25, 0.3) is 5.91 Å². The molecule has 0 bridgehead atoms. The van der Waals surface area contributed by atoms with Crippen molar-refractivity contribution >= 4 is 22.6 Å². The number of hydrogen-bond acceptors (Lipinski definition) is 4. The number of carbonyl (C=O) groups excluding carboxylic acids is 2. The van der Waals surface area contributed by atoms with Crippen molar-refractivity contribution in [1.82, 2.24) is 10.3 Å². The molecule has 1 aromatic carbocycles. The average Bonchev–Trinajstić information content (AvgIpc) is 2.46. The lowest BCUT2D eigenvalue weighted by molar-refractivity contribution is -0.118. The SMILES string of the molecule is CC(=O)C(CC#N)NC(=O)c1ccc2ccccc2n1. The Morgan fingerprint density at radius 2 is 2.05 bits per heavy atom. The van der Waals surface area contributed by atoms with E-state index in [0.29, 0.717) is 5.52 Å².